The van der Waals surface area contributed by atoms with E-state index in [4.69, 9.17) is 0 Å². The van der Waals surface area contributed by atoms with Crippen LogP contribution in [0.3, 0.4) is 0 Å². The van der Waals surface area contributed by atoms with Crippen LogP contribution in [0, 0.1) is 11.8 Å². The van der Waals surface area contributed by atoms with Gasteiger partial charge in [-0.2, -0.15) is 0 Å². The Bertz CT molecular complexity index is 928. The maximum absolute atomic E-state index is 13.8. The monoisotopic (exact) mass is 487 g/mol. The van der Waals surface area contributed by atoms with Gasteiger partial charge in [-0.15, -0.1) is 11.8 Å². The van der Waals surface area contributed by atoms with E-state index in [1.54, 1.807) is 16.7 Å². The Kier molecular flexibility index (Phi) is 7.29. The van der Waals surface area contributed by atoms with Crippen molar-refractivity contribution in [3.8, 4) is 0 Å². The summed E-state index contributed by atoms with van der Waals surface area (Å²) < 4.78 is -0.982. The van der Waals surface area contributed by atoms with Crippen molar-refractivity contribution in [2.75, 3.05) is 13.2 Å². The van der Waals surface area contributed by atoms with Crippen molar-refractivity contribution in [2.45, 2.75) is 81.0 Å². The molecule has 0 aromatic heterocycles. The molecule has 8 heteroatoms. The molecule has 3 fully saturated rings. The molecule has 3 aliphatic rings. The first-order chi connectivity index (χ1) is 16.3. The van der Waals surface area contributed by atoms with Crippen molar-refractivity contribution in [3.63, 3.8) is 0 Å². The second kappa shape index (κ2) is 9.90. The zero-order valence-corrected chi connectivity index (χ0v) is 21.2. The fraction of sp³-hybridized carbons (Fsp3) is 0.654. The van der Waals surface area contributed by atoms with E-state index >= 15 is 0 Å². The lowest BCUT2D eigenvalue weighted by Gasteiger charge is -2.35. The van der Waals surface area contributed by atoms with Gasteiger partial charge in [0.1, 0.15) is 6.04 Å². The number of carbonyl (C=O) groups excluding carboxylic acids is 3. The van der Waals surface area contributed by atoms with Gasteiger partial charge in [0.05, 0.1) is 16.6 Å². The first kappa shape index (κ1) is 25.0. The van der Waals surface area contributed by atoms with Crippen molar-refractivity contribution < 1.29 is 19.5 Å². The highest BCUT2D eigenvalue weighted by atomic mass is 32.2. The molecule has 3 N–H and O–H groups in total. The zero-order valence-electron chi connectivity index (χ0n) is 20.4. The molecule has 1 aromatic carbocycles. The van der Waals surface area contributed by atoms with Crippen LogP contribution in [0.5, 0.6) is 0 Å². The number of fused-ring (bicyclic) bond motifs is 1. The summed E-state index contributed by atoms with van der Waals surface area (Å²) in [6.45, 7) is 6.84. The number of hydrogen-bond donors (Lipinski definition) is 3. The van der Waals surface area contributed by atoms with E-state index in [0.717, 1.165) is 31.2 Å². The molecule has 3 aliphatic heterocycles. The number of aliphatic hydroxyl groups is 1. The van der Waals surface area contributed by atoms with Crippen LogP contribution in [-0.2, 0) is 20.9 Å². The predicted octanol–water partition coefficient (Wildman–Crippen LogP) is 2.47. The molecule has 0 radical (unpaired) electrons. The lowest BCUT2D eigenvalue weighted by molar-refractivity contribution is -0.141. The summed E-state index contributed by atoms with van der Waals surface area (Å²) in [7, 11) is 0. The van der Waals surface area contributed by atoms with Gasteiger partial charge in [-0.1, -0.05) is 43.7 Å². The van der Waals surface area contributed by atoms with Crippen molar-refractivity contribution in [2.24, 2.45) is 11.8 Å². The average molecular weight is 488 g/mol. The van der Waals surface area contributed by atoms with Gasteiger partial charge < -0.3 is 20.6 Å². The second-order valence-corrected chi connectivity index (χ2v) is 12.1. The number of carbonyl (C=O) groups is 3. The molecule has 3 unspecified atom stereocenters. The van der Waals surface area contributed by atoms with Crippen LogP contribution >= 0.6 is 11.8 Å². The normalized spacial score (nSPS) is 32.5. The number of benzene rings is 1. The minimum Gasteiger partial charge on any atom is -0.396 e. The Labute approximate surface area is 206 Å². The van der Waals surface area contributed by atoms with Crippen LogP contribution in [0.4, 0.5) is 0 Å². The summed E-state index contributed by atoms with van der Waals surface area (Å²) in [5.41, 5.74) is 1.01. The third kappa shape index (κ3) is 4.24. The van der Waals surface area contributed by atoms with Crippen molar-refractivity contribution in [1.82, 2.24) is 15.5 Å². The number of likely N-dealkylation sites (tertiary alicyclic amines) is 1. The molecule has 3 heterocycles. The Morgan fingerprint density at radius 3 is 2.65 bits per heavy atom. The largest absolute Gasteiger partial charge is 0.396 e. The lowest BCUT2D eigenvalue weighted by Crippen LogP contribution is -2.55. The maximum Gasteiger partial charge on any atom is 0.244 e. The number of nitrogens with zero attached hydrogens (tertiary/aromatic N) is 1. The fourth-order valence-corrected chi connectivity index (χ4v) is 8.69. The van der Waals surface area contributed by atoms with E-state index in [1.807, 2.05) is 37.3 Å². The standard InChI is InChI=1S/C26H37N3O4S/c1-4-9-17(2)28-23(32)21-26-13-12-25(3,34-26)19(20(26)24(33)29(21)14-8-15-30)22(31)27-16-18-10-6-5-7-11-18/h5-7,10-11,17,19-21,30H,4,8-9,12-16H2,1-3H3,(H,27,31)(H,28,32)/t17?,19-,20+,21?,25+,26?/m1/s1. The Balaban J connectivity index is 1.61. The van der Waals surface area contributed by atoms with Crippen molar-refractivity contribution >= 4 is 29.5 Å². The van der Waals surface area contributed by atoms with Gasteiger partial charge in [-0.05, 0) is 45.1 Å². The van der Waals surface area contributed by atoms with Gasteiger partial charge >= 0.3 is 0 Å². The fourth-order valence-electron chi connectivity index (χ4n) is 6.33. The highest BCUT2D eigenvalue weighted by Crippen LogP contribution is 2.71. The van der Waals surface area contributed by atoms with Gasteiger partial charge in [0.25, 0.3) is 0 Å². The molecular weight excluding hydrogens is 450 g/mol. The summed E-state index contributed by atoms with van der Waals surface area (Å²) >= 11 is 1.68. The van der Waals surface area contributed by atoms with Gasteiger partial charge in [0, 0.05) is 30.5 Å². The lowest BCUT2D eigenvalue weighted by atomic mass is 9.66. The average Bonchev–Trinajstić information content (AvgIpc) is 3.37. The summed E-state index contributed by atoms with van der Waals surface area (Å²) in [5, 5.41) is 15.6. The molecule has 1 aromatic rings. The number of amides is 3. The summed E-state index contributed by atoms with van der Waals surface area (Å²) in [6.07, 6.45) is 3.78. The third-order valence-corrected chi connectivity index (χ3v) is 9.77. The zero-order chi connectivity index (χ0) is 24.5. The van der Waals surface area contributed by atoms with Gasteiger partial charge in [0.2, 0.25) is 17.7 Å². The minimum atomic E-state index is -0.616. The highest BCUT2D eigenvalue weighted by Gasteiger charge is 2.76. The number of thioether (sulfide) groups is 1. The SMILES string of the molecule is CCCC(C)NC(=O)C1N(CCCO)C(=O)[C@@H]2[C@H](C(=O)NCc3ccccc3)[C@]3(C)CCC12S3. The quantitative estimate of drug-likeness (QED) is 0.471. The van der Waals surface area contributed by atoms with E-state index in [9.17, 15) is 19.5 Å². The van der Waals surface area contributed by atoms with E-state index < -0.39 is 22.6 Å². The first-order valence-electron chi connectivity index (χ1n) is 12.5. The van der Waals surface area contributed by atoms with E-state index in [-0.39, 0.29) is 35.1 Å². The molecule has 1 spiro atoms. The topological polar surface area (TPSA) is 98.7 Å². The number of nitrogens with one attached hydrogen (secondary N) is 2. The molecule has 0 saturated carbocycles. The molecule has 2 bridgehead atoms. The molecule has 186 valence electrons. The molecule has 4 rings (SSSR count). The Morgan fingerprint density at radius 2 is 1.97 bits per heavy atom. The third-order valence-electron chi connectivity index (χ3n) is 7.78. The van der Waals surface area contributed by atoms with Crippen LogP contribution in [0.25, 0.3) is 0 Å². The molecule has 7 nitrogen and oxygen atoms in total. The molecule has 3 saturated heterocycles. The molecular formula is C26H37N3O4S. The molecule has 6 atom stereocenters. The highest BCUT2D eigenvalue weighted by molar-refractivity contribution is 8.02. The van der Waals surface area contributed by atoms with Crippen LogP contribution in [0.2, 0.25) is 0 Å². The van der Waals surface area contributed by atoms with Crippen molar-refractivity contribution in [1.29, 1.82) is 0 Å². The van der Waals surface area contributed by atoms with Crippen LogP contribution in [-0.4, -0.2) is 62.5 Å². The Morgan fingerprint density at radius 1 is 1.24 bits per heavy atom. The molecule has 0 aliphatic carbocycles. The van der Waals surface area contributed by atoms with Gasteiger partial charge in [-0.25, -0.2) is 0 Å². The minimum absolute atomic E-state index is 0.0203. The van der Waals surface area contributed by atoms with Crippen LogP contribution in [0.15, 0.2) is 30.3 Å². The van der Waals surface area contributed by atoms with Gasteiger partial charge in [-0.3, -0.25) is 14.4 Å². The first-order valence-corrected chi connectivity index (χ1v) is 13.3. The number of aliphatic hydroxyl groups excluding tert-OH is 1. The second-order valence-electron chi connectivity index (χ2n) is 10.2. The van der Waals surface area contributed by atoms with E-state index in [1.165, 1.54) is 0 Å². The van der Waals surface area contributed by atoms with Crippen LogP contribution < -0.4 is 10.6 Å². The summed E-state index contributed by atoms with van der Waals surface area (Å²) in [4.78, 5) is 42.6. The van der Waals surface area contributed by atoms with Crippen LogP contribution in [0.1, 0.15) is 58.4 Å². The van der Waals surface area contributed by atoms with E-state index in [0.29, 0.717) is 19.5 Å². The predicted molar refractivity (Wildman–Crippen MR) is 133 cm³/mol. The summed E-state index contributed by atoms with van der Waals surface area (Å²) in [5.74, 6) is -1.36. The van der Waals surface area contributed by atoms with Crippen molar-refractivity contribution in [3.05, 3.63) is 35.9 Å². The number of hydrogen-bond acceptors (Lipinski definition) is 5. The number of rotatable bonds is 10. The molecule has 34 heavy (non-hydrogen) atoms. The summed E-state index contributed by atoms with van der Waals surface area (Å²) in [6, 6.07) is 9.15. The van der Waals surface area contributed by atoms with Gasteiger partial charge in [0.15, 0.2) is 0 Å². The van der Waals surface area contributed by atoms with E-state index in [2.05, 4.69) is 24.5 Å². The smallest absolute Gasteiger partial charge is 0.244 e. The molecule has 3 amide bonds. The maximum atomic E-state index is 13.8. The Hall–Kier alpha value is -2.06.